The second kappa shape index (κ2) is 25.1. The maximum atomic E-state index is 13.6. The van der Waals surface area contributed by atoms with E-state index in [1.54, 1.807) is 0 Å². The van der Waals surface area contributed by atoms with Crippen LogP contribution in [0.25, 0.3) is 0 Å². The Morgan fingerprint density at radius 1 is 0.500 bits per heavy atom. The van der Waals surface area contributed by atoms with Gasteiger partial charge in [-0.2, -0.15) is 0 Å². The lowest BCUT2D eigenvalue weighted by Gasteiger charge is -2.69. The number of aliphatic hydroxyl groups excluding tert-OH is 1. The molecule has 0 radical (unpaired) electrons. The van der Waals surface area contributed by atoms with E-state index in [-0.39, 0.29) is 46.2 Å². The predicted octanol–water partition coefficient (Wildman–Crippen LogP) is 11.4. The molecule has 4 aliphatic rings. The molecule has 0 aromatic heterocycles. The molecule has 2 unspecified atom stereocenters. The summed E-state index contributed by atoms with van der Waals surface area (Å²) in [6, 6.07) is 0. The van der Waals surface area contributed by atoms with Gasteiger partial charge >= 0.3 is 17.9 Å². The molecule has 4 saturated carbocycles. The van der Waals surface area contributed by atoms with Crippen molar-refractivity contribution in [2.45, 2.75) is 208 Å². The van der Waals surface area contributed by atoms with Crippen LogP contribution >= 0.6 is 0 Å². The van der Waals surface area contributed by atoms with Crippen LogP contribution in [0.15, 0.2) is 0 Å². The minimum Gasteiger partial charge on any atom is -0.465 e. The number of aliphatic hydroxyl groups is 1. The first-order valence-corrected chi connectivity index (χ1v) is 23.8. The monoisotopic (exact) mass is 790 g/mol. The van der Waals surface area contributed by atoms with E-state index in [2.05, 4.69) is 46.4 Å². The molecule has 0 aliphatic heterocycles. The fourth-order valence-corrected chi connectivity index (χ4v) is 11.9. The molecule has 0 spiro atoms. The fourth-order valence-electron chi connectivity index (χ4n) is 11.9. The minimum atomic E-state index is -0.381. The standard InChI is InChI=1S/C48H87NO7/c1-7-13-17-22-40(23-18-14-8-2)28-43(52)55-38-47-31-45(36-50)30-46(33-47,37-54-42(51)26-21-27-49(11-5)12-6)34-48(32-45,35-47)39-56-44(53)29-41(24-19-15-9-3)25-20-16-10-4/h40-41,50H,7-39H2,1-6H3. The molecule has 0 aromatic rings. The third kappa shape index (κ3) is 15.8. The normalized spacial score (nSPS) is 25.4. The fraction of sp³-hybridized carbons (Fsp3) is 0.938. The van der Waals surface area contributed by atoms with E-state index >= 15 is 0 Å². The Morgan fingerprint density at radius 2 is 0.839 bits per heavy atom. The van der Waals surface area contributed by atoms with E-state index in [0.717, 1.165) is 116 Å². The van der Waals surface area contributed by atoms with Crippen LogP contribution in [-0.2, 0) is 28.6 Å². The molecule has 0 aromatic carbocycles. The summed E-state index contributed by atoms with van der Waals surface area (Å²) in [5, 5.41) is 11.1. The molecule has 8 nitrogen and oxygen atoms in total. The molecule has 4 rings (SSSR count). The van der Waals surface area contributed by atoms with E-state index in [1.165, 1.54) is 51.4 Å². The van der Waals surface area contributed by atoms with E-state index in [0.29, 0.717) is 50.9 Å². The zero-order valence-corrected chi connectivity index (χ0v) is 37.3. The number of esters is 3. The van der Waals surface area contributed by atoms with E-state index in [4.69, 9.17) is 14.2 Å². The van der Waals surface area contributed by atoms with Crippen molar-refractivity contribution in [1.82, 2.24) is 4.90 Å². The highest BCUT2D eigenvalue weighted by atomic mass is 16.5. The Morgan fingerprint density at radius 3 is 1.16 bits per heavy atom. The third-order valence-corrected chi connectivity index (χ3v) is 14.0. The molecule has 4 aliphatic carbocycles. The number of unbranched alkanes of at least 4 members (excludes halogenated alkanes) is 8. The van der Waals surface area contributed by atoms with Crippen molar-refractivity contribution in [2.75, 3.05) is 46.1 Å². The van der Waals surface area contributed by atoms with Crippen molar-refractivity contribution < 1.29 is 33.7 Å². The summed E-state index contributed by atoms with van der Waals surface area (Å²) in [5.41, 5.74) is -1.43. The highest BCUT2D eigenvalue weighted by molar-refractivity contribution is 5.70. The largest absolute Gasteiger partial charge is 0.465 e. The van der Waals surface area contributed by atoms with E-state index in [1.807, 2.05) is 0 Å². The van der Waals surface area contributed by atoms with Gasteiger partial charge in [-0.25, -0.2) is 0 Å². The number of carbonyl (C=O) groups excluding carboxylic acids is 3. The molecule has 326 valence electrons. The third-order valence-electron chi connectivity index (χ3n) is 14.0. The number of carbonyl (C=O) groups is 3. The Hall–Kier alpha value is -1.67. The average Bonchev–Trinajstić information content (AvgIpc) is 3.17. The summed E-state index contributed by atoms with van der Waals surface area (Å²) < 4.78 is 18.7. The topological polar surface area (TPSA) is 102 Å². The van der Waals surface area contributed by atoms with Gasteiger partial charge in [-0.1, -0.05) is 119 Å². The molecule has 8 heteroatoms. The molecule has 4 bridgehead atoms. The zero-order chi connectivity index (χ0) is 40.9. The number of nitrogens with zero attached hydrogens (tertiary/aromatic N) is 1. The molecule has 0 saturated heterocycles. The second-order valence-electron chi connectivity index (χ2n) is 19.5. The SMILES string of the molecule is CCCCCC(CCCCC)CC(=O)OCC12CC3(CO)CC(COC(=O)CCCN(CC)CC)(C1)CC(COC(=O)CC(CCCCC)CCCCC)(C3)C2. The van der Waals surface area contributed by atoms with Gasteiger partial charge in [0.25, 0.3) is 0 Å². The summed E-state index contributed by atoms with van der Waals surface area (Å²) in [5.74, 6) is 0.325. The Balaban J connectivity index is 1.79. The van der Waals surface area contributed by atoms with E-state index < -0.39 is 0 Å². The van der Waals surface area contributed by atoms with Gasteiger partial charge in [-0.15, -0.1) is 0 Å². The molecule has 0 heterocycles. The number of rotatable bonds is 33. The number of ether oxygens (including phenoxy) is 3. The van der Waals surface area contributed by atoms with Gasteiger partial charge in [0.05, 0.1) is 19.8 Å². The first kappa shape index (κ1) is 48.7. The zero-order valence-electron chi connectivity index (χ0n) is 37.3. The molecule has 2 atom stereocenters. The van der Waals surface area contributed by atoms with Crippen LogP contribution in [-0.4, -0.2) is 74.0 Å². The summed E-state index contributed by atoms with van der Waals surface area (Å²) in [6.07, 6.45) is 25.2. The minimum absolute atomic E-state index is 0.0336. The van der Waals surface area contributed by atoms with Crippen molar-refractivity contribution in [1.29, 1.82) is 0 Å². The van der Waals surface area contributed by atoms with Crippen LogP contribution in [0.5, 0.6) is 0 Å². The predicted molar refractivity (Wildman–Crippen MR) is 227 cm³/mol. The Labute approximate surface area is 343 Å². The van der Waals surface area contributed by atoms with Gasteiger partial charge in [-0.05, 0) is 108 Å². The van der Waals surface area contributed by atoms with Crippen LogP contribution in [0, 0.1) is 33.5 Å². The lowest BCUT2D eigenvalue weighted by Crippen LogP contribution is -2.65. The first-order chi connectivity index (χ1) is 27.0. The van der Waals surface area contributed by atoms with Crippen LogP contribution in [0.4, 0.5) is 0 Å². The molecule has 0 amide bonds. The Bertz CT molecular complexity index is 1060. The van der Waals surface area contributed by atoms with Gasteiger partial charge in [-0.3, -0.25) is 14.4 Å². The summed E-state index contributed by atoms with van der Waals surface area (Å²) in [6.45, 7) is 17.0. The van der Waals surface area contributed by atoms with Crippen molar-refractivity contribution >= 4 is 17.9 Å². The maximum Gasteiger partial charge on any atom is 0.306 e. The lowest BCUT2D eigenvalue weighted by molar-refractivity contribution is -0.247. The van der Waals surface area contributed by atoms with Crippen LogP contribution in [0.2, 0.25) is 0 Å². The highest BCUT2D eigenvalue weighted by Crippen LogP contribution is 2.74. The highest BCUT2D eigenvalue weighted by Gasteiger charge is 2.69. The molecular formula is C48H87NO7. The van der Waals surface area contributed by atoms with Gasteiger partial charge in [0.15, 0.2) is 0 Å². The first-order valence-electron chi connectivity index (χ1n) is 23.8. The van der Waals surface area contributed by atoms with Gasteiger partial charge in [0.2, 0.25) is 0 Å². The van der Waals surface area contributed by atoms with Crippen molar-refractivity contribution in [3.8, 4) is 0 Å². The van der Waals surface area contributed by atoms with Gasteiger partial charge < -0.3 is 24.2 Å². The smallest absolute Gasteiger partial charge is 0.306 e. The molecule has 4 fully saturated rings. The van der Waals surface area contributed by atoms with E-state index in [9.17, 15) is 19.5 Å². The van der Waals surface area contributed by atoms with Crippen molar-refractivity contribution in [2.24, 2.45) is 33.5 Å². The summed E-state index contributed by atoms with van der Waals surface area (Å²) in [4.78, 5) is 42.8. The van der Waals surface area contributed by atoms with Crippen LogP contribution in [0.1, 0.15) is 208 Å². The number of hydrogen-bond acceptors (Lipinski definition) is 8. The molecule has 1 N–H and O–H groups in total. The quantitative estimate of drug-likeness (QED) is 0.0398. The van der Waals surface area contributed by atoms with Gasteiger partial charge in [0, 0.05) is 42.1 Å². The van der Waals surface area contributed by atoms with Crippen LogP contribution in [0.3, 0.4) is 0 Å². The van der Waals surface area contributed by atoms with Crippen molar-refractivity contribution in [3.05, 3.63) is 0 Å². The van der Waals surface area contributed by atoms with Crippen LogP contribution < -0.4 is 0 Å². The van der Waals surface area contributed by atoms with Crippen molar-refractivity contribution in [3.63, 3.8) is 0 Å². The lowest BCUT2D eigenvalue weighted by atomic mass is 9.36. The average molecular weight is 790 g/mol. The number of hydrogen-bond donors (Lipinski definition) is 1. The van der Waals surface area contributed by atoms with Gasteiger partial charge in [0.1, 0.15) is 0 Å². The maximum absolute atomic E-state index is 13.6. The molecule has 56 heavy (non-hydrogen) atoms. The summed E-state index contributed by atoms with van der Waals surface area (Å²) >= 11 is 0. The second-order valence-corrected chi connectivity index (χ2v) is 19.5. The summed E-state index contributed by atoms with van der Waals surface area (Å²) in [7, 11) is 0. The molecular weight excluding hydrogens is 703 g/mol. The Kier molecular flexibility index (Phi) is 21.8.